The van der Waals surface area contributed by atoms with Gasteiger partial charge >= 0.3 is 0 Å². The molecule has 6 heteroatoms. The summed E-state index contributed by atoms with van der Waals surface area (Å²) < 4.78 is 29.6. The van der Waals surface area contributed by atoms with Crippen LogP contribution in [0.3, 0.4) is 0 Å². The Morgan fingerprint density at radius 1 is 1.21 bits per heavy atom. The standard InChI is InChI=1S/C13H13ClO3S2/c14-19(15,16)13-7-9-5-6-11(8-12(9)18-13)17-10-3-1-2-4-10/h5-8,10H,1-4H2. The highest BCUT2D eigenvalue weighted by molar-refractivity contribution is 8.15. The Balaban J connectivity index is 1.92. The Kier molecular flexibility index (Phi) is 3.45. The van der Waals surface area contributed by atoms with Crippen LogP contribution in [0.25, 0.3) is 10.1 Å². The molecule has 0 saturated heterocycles. The van der Waals surface area contributed by atoms with Gasteiger partial charge in [0.25, 0.3) is 9.05 Å². The number of thiophene rings is 1. The topological polar surface area (TPSA) is 43.4 Å². The summed E-state index contributed by atoms with van der Waals surface area (Å²) in [6, 6.07) is 7.26. The molecular formula is C13H13ClO3S2. The SMILES string of the molecule is O=S(=O)(Cl)c1cc2ccc(OC3CCCC3)cc2s1. The van der Waals surface area contributed by atoms with Gasteiger partial charge in [-0.3, -0.25) is 0 Å². The first-order valence-electron chi connectivity index (χ1n) is 6.17. The summed E-state index contributed by atoms with van der Waals surface area (Å²) in [5.41, 5.74) is 0. The number of rotatable bonds is 3. The molecule has 0 atom stereocenters. The molecule has 1 aromatic carbocycles. The summed E-state index contributed by atoms with van der Waals surface area (Å²) in [4.78, 5) is 0. The van der Waals surface area contributed by atoms with Crippen LogP contribution in [0, 0.1) is 0 Å². The van der Waals surface area contributed by atoms with Gasteiger partial charge in [-0.25, -0.2) is 8.42 Å². The molecule has 2 aromatic rings. The van der Waals surface area contributed by atoms with Crippen LogP contribution in [0.15, 0.2) is 28.5 Å². The third kappa shape index (κ3) is 2.88. The molecule has 0 unspecified atom stereocenters. The molecule has 3 rings (SSSR count). The highest BCUT2D eigenvalue weighted by atomic mass is 35.7. The molecule has 1 aliphatic rings. The van der Waals surface area contributed by atoms with E-state index >= 15 is 0 Å². The Labute approximate surface area is 120 Å². The average Bonchev–Trinajstić information content (AvgIpc) is 2.95. The van der Waals surface area contributed by atoms with E-state index in [0.29, 0.717) is 6.10 Å². The van der Waals surface area contributed by atoms with Gasteiger partial charge in [-0.2, -0.15) is 0 Å². The van der Waals surface area contributed by atoms with Crippen LogP contribution in [-0.4, -0.2) is 14.5 Å². The lowest BCUT2D eigenvalue weighted by molar-refractivity contribution is 0.210. The zero-order valence-corrected chi connectivity index (χ0v) is 12.5. The van der Waals surface area contributed by atoms with Crippen LogP contribution < -0.4 is 4.74 Å². The quantitative estimate of drug-likeness (QED) is 0.799. The van der Waals surface area contributed by atoms with Gasteiger partial charge in [0.05, 0.1) is 6.10 Å². The van der Waals surface area contributed by atoms with Gasteiger partial charge in [0.1, 0.15) is 9.96 Å². The van der Waals surface area contributed by atoms with Crippen LogP contribution in [-0.2, 0) is 9.05 Å². The maximum atomic E-state index is 11.3. The van der Waals surface area contributed by atoms with Crippen molar-refractivity contribution in [3.05, 3.63) is 24.3 Å². The molecule has 3 nitrogen and oxygen atoms in total. The molecule has 0 aliphatic heterocycles. The molecule has 1 aromatic heterocycles. The van der Waals surface area contributed by atoms with Crippen molar-refractivity contribution in [2.24, 2.45) is 0 Å². The van der Waals surface area contributed by atoms with E-state index in [4.69, 9.17) is 15.4 Å². The second-order valence-corrected chi connectivity index (χ2v) is 8.60. The van der Waals surface area contributed by atoms with Crippen LogP contribution in [0.4, 0.5) is 0 Å². The Morgan fingerprint density at radius 3 is 2.63 bits per heavy atom. The second kappa shape index (κ2) is 4.96. The third-order valence-electron chi connectivity index (χ3n) is 3.31. The second-order valence-electron chi connectivity index (χ2n) is 4.73. The van der Waals surface area contributed by atoms with Crippen molar-refractivity contribution in [2.45, 2.75) is 36.0 Å². The van der Waals surface area contributed by atoms with E-state index in [0.717, 1.165) is 28.7 Å². The van der Waals surface area contributed by atoms with E-state index in [1.165, 1.54) is 24.2 Å². The van der Waals surface area contributed by atoms with E-state index in [1.54, 1.807) is 6.07 Å². The lowest BCUT2D eigenvalue weighted by Crippen LogP contribution is -2.10. The van der Waals surface area contributed by atoms with Crippen LogP contribution in [0.2, 0.25) is 0 Å². The number of benzene rings is 1. The van der Waals surface area contributed by atoms with Crippen molar-refractivity contribution in [1.29, 1.82) is 0 Å². The average molecular weight is 317 g/mol. The van der Waals surface area contributed by atoms with Gasteiger partial charge in [-0.05, 0) is 55.3 Å². The number of ether oxygens (including phenoxy) is 1. The molecule has 1 heterocycles. The van der Waals surface area contributed by atoms with Gasteiger partial charge in [0.15, 0.2) is 0 Å². The fraction of sp³-hybridized carbons (Fsp3) is 0.385. The molecule has 102 valence electrons. The van der Waals surface area contributed by atoms with Gasteiger partial charge in [0, 0.05) is 15.4 Å². The molecule has 0 spiro atoms. The number of halogens is 1. The number of hydrogen-bond donors (Lipinski definition) is 0. The summed E-state index contributed by atoms with van der Waals surface area (Å²) in [5.74, 6) is 0.805. The summed E-state index contributed by atoms with van der Waals surface area (Å²) in [6.45, 7) is 0. The fourth-order valence-corrected chi connectivity index (χ4v) is 4.55. The lowest BCUT2D eigenvalue weighted by Gasteiger charge is -2.12. The predicted molar refractivity (Wildman–Crippen MR) is 77.7 cm³/mol. The summed E-state index contributed by atoms with van der Waals surface area (Å²) >= 11 is 1.18. The van der Waals surface area contributed by atoms with E-state index < -0.39 is 9.05 Å². The maximum absolute atomic E-state index is 11.3. The smallest absolute Gasteiger partial charge is 0.270 e. The number of fused-ring (bicyclic) bond motifs is 1. The molecule has 0 N–H and O–H groups in total. The fourth-order valence-electron chi connectivity index (χ4n) is 2.38. The van der Waals surface area contributed by atoms with E-state index in [-0.39, 0.29) is 4.21 Å². The van der Waals surface area contributed by atoms with E-state index in [9.17, 15) is 8.42 Å². The first kappa shape index (κ1) is 13.2. The first-order chi connectivity index (χ1) is 9.02. The molecular weight excluding hydrogens is 304 g/mol. The van der Waals surface area contributed by atoms with Crippen LogP contribution in [0.1, 0.15) is 25.7 Å². The highest BCUT2D eigenvalue weighted by Crippen LogP contribution is 2.34. The minimum atomic E-state index is -3.65. The largest absolute Gasteiger partial charge is 0.490 e. The van der Waals surface area contributed by atoms with E-state index in [1.807, 2.05) is 18.2 Å². The van der Waals surface area contributed by atoms with Crippen molar-refractivity contribution in [1.82, 2.24) is 0 Å². The molecule has 1 fully saturated rings. The Hall–Kier alpha value is -0.780. The van der Waals surface area contributed by atoms with Gasteiger partial charge in [-0.1, -0.05) is 0 Å². The number of hydrogen-bond acceptors (Lipinski definition) is 4. The maximum Gasteiger partial charge on any atom is 0.270 e. The lowest BCUT2D eigenvalue weighted by atomic mass is 10.2. The first-order valence-corrected chi connectivity index (χ1v) is 9.30. The van der Waals surface area contributed by atoms with Gasteiger partial charge in [0.2, 0.25) is 0 Å². The minimum Gasteiger partial charge on any atom is -0.490 e. The molecule has 0 amide bonds. The normalized spacial score (nSPS) is 17.1. The highest BCUT2D eigenvalue weighted by Gasteiger charge is 2.18. The van der Waals surface area contributed by atoms with Crippen molar-refractivity contribution >= 4 is 41.2 Å². The Bertz CT molecular complexity index is 700. The van der Waals surface area contributed by atoms with Crippen molar-refractivity contribution < 1.29 is 13.2 Å². The molecule has 1 aliphatic carbocycles. The van der Waals surface area contributed by atoms with Crippen molar-refractivity contribution in [3.8, 4) is 5.75 Å². The monoisotopic (exact) mass is 316 g/mol. The van der Waals surface area contributed by atoms with Crippen LogP contribution in [0.5, 0.6) is 5.75 Å². The summed E-state index contributed by atoms with van der Waals surface area (Å²) in [7, 11) is 1.71. The van der Waals surface area contributed by atoms with Crippen LogP contribution >= 0.6 is 22.0 Å². The molecule has 1 saturated carbocycles. The third-order valence-corrected chi connectivity index (χ3v) is 6.49. The summed E-state index contributed by atoms with van der Waals surface area (Å²) in [5, 5.41) is 0.878. The van der Waals surface area contributed by atoms with Crippen molar-refractivity contribution in [3.63, 3.8) is 0 Å². The summed E-state index contributed by atoms with van der Waals surface area (Å²) in [6.07, 6.45) is 4.95. The predicted octanol–water partition coefficient (Wildman–Crippen LogP) is 4.15. The minimum absolute atomic E-state index is 0.183. The van der Waals surface area contributed by atoms with E-state index in [2.05, 4.69) is 0 Å². The molecule has 19 heavy (non-hydrogen) atoms. The van der Waals surface area contributed by atoms with Crippen molar-refractivity contribution in [2.75, 3.05) is 0 Å². The zero-order chi connectivity index (χ0) is 13.5. The molecule has 0 bridgehead atoms. The van der Waals surface area contributed by atoms with Gasteiger partial charge < -0.3 is 4.74 Å². The Morgan fingerprint density at radius 2 is 1.95 bits per heavy atom. The van der Waals surface area contributed by atoms with Gasteiger partial charge in [-0.15, -0.1) is 11.3 Å². The zero-order valence-electron chi connectivity index (χ0n) is 10.1. The molecule has 0 radical (unpaired) electrons.